The third-order valence-corrected chi connectivity index (χ3v) is 4.29. The van der Waals surface area contributed by atoms with Crippen LogP contribution in [0.1, 0.15) is 39.5 Å². The zero-order valence-corrected chi connectivity index (χ0v) is 12.7. The van der Waals surface area contributed by atoms with Crippen molar-refractivity contribution in [3.05, 3.63) is 0 Å². The summed E-state index contributed by atoms with van der Waals surface area (Å²) in [5.41, 5.74) is 0. The van der Waals surface area contributed by atoms with Crippen LogP contribution in [0.2, 0.25) is 0 Å². The van der Waals surface area contributed by atoms with E-state index in [1.165, 1.54) is 6.42 Å². The van der Waals surface area contributed by atoms with E-state index in [2.05, 4.69) is 17.6 Å². The second-order valence-corrected chi connectivity index (χ2v) is 6.05. The molecule has 0 aromatic rings. The predicted octanol–water partition coefficient (Wildman–Crippen LogP) is 1.07. The molecule has 0 aliphatic carbocycles. The summed E-state index contributed by atoms with van der Waals surface area (Å²) in [4.78, 5) is 12.1. The lowest BCUT2D eigenvalue weighted by atomic mass is 9.95. The zero-order valence-electron chi connectivity index (χ0n) is 12.7. The highest BCUT2D eigenvalue weighted by molar-refractivity contribution is 5.80. The van der Waals surface area contributed by atoms with Gasteiger partial charge in [0.05, 0.1) is 12.7 Å². The first-order valence-electron chi connectivity index (χ1n) is 7.91. The van der Waals surface area contributed by atoms with Crippen molar-refractivity contribution in [2.75, 3.05) is 26.3 Å². The van der Waals surface area contributed by atoms with Gasteiger partial charge in [-0.15, -0.1) is 0 Å². The van der Waals surface area contributed by atoms with Gasteiger partial charge in [-0.05, 0) is 51.6 Å². The second-order valence-electron chi connectivity index (χ2n) is 6.05. The van der Waals surface area contributed by atoms with Crippen molar-refractivity contribution in [2.24, 2.45) is 5.92 Å². The van der Waals surface area contributed by atoms with Crippen molar-refractivity contribution in [3.8, 4) is 0 Å². The average molecular weight is 284 g/mol. The van der Waals surface area contributed by atoms with Gasteiger partial charge in [-0.3, -0.25) is 4.79 Å². The van der Waals surface area contributed by atoms with E-state index in [-0.39, 0.29) is 18.1 Å². The van der Waals surface area contributed by atoms with Crippen LogP contribution in [0.25, 0.3) is 0 Å². The molecular formula is C15H28N2O3. The fourth-order valence-corrected chi connectivity index (χ4v) is 2.79. The fourth-order valence-electron chi connectivity index (χ4n) is 2.79. The number of nitrogens with one attached hydrogen (secondary N) is 2. The number of carbonyl (C=O) groups is 1. The molecule has 5 nitrogen and oxygen atoms in total. The lowest BCUT2D eigenvalue weighted by Crippen LogP contribution is -2.51. The van der Waals surface area contributed by atoms with Gasteiger partial charge in [-0.2, -0.15) is 0 Å². The number of hydrogen-bond donors (Lipinski definition) is 2. The maximum Gasteiger partial charge on any atom is 0.249 e. The van der Waals surface area contributed by atoms with Gasteiger partial charge in [0.25, 0.3) is 0 Å². The van der Waals surface area contributed by atoms with Gasteiger partial charge in [0.15, 0.2) is 0 Å². The molecule has 2 fully saturated rings. The summed E-state index contributed by atoms with van der Waals surface area (Å²) in [7, 11) is 0. The predicted molar refractivity (Wildman–Crippen MR) is 77.6 cm³/mol. The lowest BCUT2D eigenvalue weighted by Gasteiger charge is -2.31. The molecule has 2 N–H and O–H groups in total. The Morgan fingerprint density at radius 3 is 3.00 bits per heavy atom. The standard InChI is InChI=1S/C15H28N2O3/c1-11-9-16-7-6-14(11)17-15(18)12(2)20-10-13-5-3-4-8-19-13/h11-14,16H,3-10H2,1-2H3,(H,17,18). The lowest BCUT2D eigenvalue weighted by molar-refractivity contribution is -0.136. The molecule has 2 rings (SSSR count). The summed E-state index contributed by atoms with van der Waals surface area (Å²) < 4.78 is 11.3. The minimum Gasteiger partial charge on any atom is -0.376 e. The normalized spacial score (nSPS) is 32.6. The highest BCUT2D eigenvalue weighted by atomic mass is 16.5. The van der Waals surface area contributed by atoms with Crippen LogP contribution in [0.3, 0.4) is 0 Å². The van der Waals surface area contributed by atoms with E-state index in [0.717, 1.165) is 39.0 Å². The quantitative estimate of drug-likeness (QED) is 0.793. The second kappa shape index (κ2) is 7.96. The highest BCUT2D eigenvalue weighted by Crippen LogP contribution is 2.14. The van der Waals surface area contributed by atoms with Gasteiger partial charge in [0.1, 0.15) is 6.10 Å². The molecule has 2 aliphatic heterocycles. The summed E-state index contributed by atoms with van der Waals surface area (Å²) in [5.74, 6) is 0.473. The summed E-state index contributed by atoms with van der Waals surface area (Å²) in [6, 6.07) is 0.265. The van der Waals surface area contributed by atoms with Gasteiger partial charge in [0.2, 0.25) is 5.91 Å². The van der Waals surface area contributed by atoms with E-state index in [1.54, 1.807) is 0 Å². The molecule has 0 radical (unpaired) electrons. The Morgan fingerprint density at radius 1 is 1.45 bits per heavy atom. The maximum absolute atomic E-state index is 12.1. The topological polar surface area (TPSA) is 59.6 Å². The van der Waals surface area contributed by atoms with Crippen LogP contribution < -0.4 is 10.6 Å². The van der Waals surface area contributed by atoms with Crippen LogP contribution in [0, 0.1) is 5.92 Å². The van der Waals surface area contributed by atoms with Gasteiger partial charge in [-0.25, -0.2) is 0 Å². The van der Waals surface area contributed by atoms with E-state index < -0.39 is 6.10 Å². The number of amides is 1. The summed E-state index contributed by atoms with van der Waals surface area (Å²) in [6.45, 7) is 7.27. The van der Waals surface area contributed by atoms with E-state index >= 15 is 0 Å². The molecular weight excluding hydrogens is 256 g/mol. The van der Waals surface area contributed by atoms with Crippen LogP contribution in [0.4, 0.5) is 0 Å². The molecule has 2 saturated heterocycles. The van der Waals surface area contributed by atoms with Crippen molar-refractivity contribution in [1.29, 1.82) is 0 Å². The molecule has 1 amide bonds. The first-order valence-corrected chi connectivity index (χ1v) is 7.91. The van der Waals surface area contributed by atoms with E-state index in [1.807, 2.05) is 6.92 Å². The maximum atomic E-state index is 12.1. The van der Waals surface area contributed by atoms with E-state index in [4.69, 9.17) is 9.47 Å². The SMILES string of the molecule is CC(OCC1CCCCO1)C(=O)NC1CCNCC1C. The molecule has 0 saturated carbocycles. The van der Waals surface area contributed by atoms with Crippen LogP contribution in [0.15, 0.2) is 0 Å². The Balaban J connectivity index is 1.68. The van der Waals surface area contributed by atoms with Gasteiger partial charge >= 0.3 is 0 Å². The molecule has 0 aromatic heterocycles. The minimum absolute atomic E-state index is 0.000408. The average Bonchev–Trinajstić information content (AvgIpc) is 2.48. The van der Waals surface area contributed by atoms with Crippen molar-refractivity contribution < 1.29 is 14.3 Å². The van der Waals surface area contributed by atoms with Crippen molar-refractivity contribution >= 4 is 5.91 Å². The number of hydrogen-bond acceptors (Lipinski definition) is 4. The largest absolute Gasteiger partial charge is 0.376 e. The fraction of sp³-hybridized carbons (Fsp3) is 0.933. The van der Waals surface area contributed by atoms with Crippen molar-refractivity contribution in [3.63, 3.8) is 0 Å². The Bertz CT molecular complexity index is 305. The van der Waals surface area contributed by atoms with Gasteiger partial charge < -0.3 is 20.1 Å². The highest BCUT2D eigenvalue weighted by Gasteiger charge is 2.25. The van der Waals surface area contributed by atoms with Crippen molar-refractivity contribution in [1.82, 2.24) is 10.6 Å². The Hall–Kier alpha value is -0.650. The Morgan fingerprint density at radius 2 is 2.30 bits per heavy atom. The number of piperidine rings is 1. The summed E-state index contributed by atoms with van der Waals surface area (Å²) in [5, 5.41) is 6.45. The third-order valence-electron chi connectivity index (χ3n) is 4.29. The molecule has 116 valence electrons. The molecule has 0 bridgehead atoms. The van der Waals surface area contributed by atoms with Crippen molar-refractivity contribution in [2.45, 2.75) is 57.8 Å². The van der Waals surface area contributed by atoms with Crippen LogP contribution in [0.5, 0.6) is 0 Å². The first kappa shape index (κ1) is 15.7. The Kier molecular flexibility index (Phi) is 6.26. The molecule has 2 aliphatic rings. The first-order chi connectivity index (χ1) is 9.66. The van der Waals surface area contributed by atoms with Crippen LogP contribution in [-0.2, 0) is 14.3 Å². The number of carbonyl (C=O) groups excluding carboxylic acids is 1. The van der Waals surface area contributed by atoms with E-state index in [9.17, 15) is 4.79 Å². The van der Waals surface area contributed by atoms with E-state index in [0.29, 0.717) is 12.5 Å². The van der Waals surface area contributed by atoms with Crippen LogP contribution in [-0.4, -0.2) is 50.5 Å². The number of rotatable bonds is 5. The number of ether oxygens (including phenoxy) is 2. The summed E-state index contributed by atoms with van der Waals surface area (Å²) in [6.07, 6.45) is 4.13. The minimum atomic E-state index is -0.400. The molecule has 0 spiro atoms. The third kappa shape index (κ3) is 4.72. The molecule has 4 atom stereocenters. The Labute approximate surface area is 121 Å². The molecule has 0 aromatic carbocycles. The smallest absolute Gasteiger partial charge is 0.249 e. The molecule has 20 heavy (non-hydrogen) atoms. The van der Waals surface area contributed by atoms with Gasteiger partial charge in [-0.1, -0.05) is 6.92 Å². The molecule has 2 heterocycles. The zero-order chi connectivity index (χ0) is 14.4. The molecule has 4 unspecified atom stereocenters. The van der Waals surface area contributed by atoms with Crippen LogP contribution >= 0.6 is 0 Å². The molecule has 5 heteroatoms. The van der Waals surface area contributed by atoms with Gasteiger partial charge in [0, 0.05) is 12.6 Å². The summed E-state index contributed by atoms with van der Waals surface area (Å²) >= 11 is 0. The monoisotopic (exact) mass is 284 g/mol.